The number of nitrogens with one attached hydrogen (secondary N) is 1. The Morgan fingerprint density at radius 2 is 1.78 bits per heavy atom. The SMILES string of the molecule is CCN(c1ccc(OCC(=O)NCCC2=CCCCC2)cc1)S(=O)(=O)c1ccc(C)cc1. The number of amides is 1. The number of carbonyl (C=O) groups is 1. The predicted octanol–water partition coefficient (Wildman–Crippen LogP) is 4.60. The van der Waals surface area contributed by atoms with E-state index in [1.54, 1.807) is 55.5 Å². The molecule has 0 fully saturated rings. The Hall–Kier alpha value is -2.80. The number of hydrogen-bond acceptors (Lipinski definition) is 4. The number of carbonyl (C=O) groups excluding carboxylic acids is 1. The Kier molecular flexibility index (Phi) is 8.33. The molecule has 0 saturated carbocycles. The van der Waals surface area contributed by atoms with Crippen molar-refractivity contribution in [2.75, 3.05) is 24.0 Å². The molecule has 32 heavy (non-hydrogen) atoms. The first-order chi connectivity index (χ1) is 15.4. The van der Waals surface area contributed by atoms with Crippen molar-refractivity contribution >= 4 is 21.6 Å². The first kappa shape index (κ1) is 23.9. The van der Waals surface area contributed by atoms with Crippen molar-refractivity contribution in [3.63, 3.8) is 0 Å². The van der Waals surface area contributed by atoms with E-state index < -0.39 is 10.0 Å². The van der Waals surface area contributed by atoms with Gasteiger partial charge in [0.15, 0.2) is 6.61 Å². The highest BCUT2D eigenvalue weighted by Crippen LogP contribution is 2.26. The number of sulfonamides is 1. The van der Waals surface area contributed by atoms with Crippen LogP contribution < -0.4 is 14.4 Å². The Morgan fingerprint density at radius 1 is 1.06 bits per heavy atom. The number of anilines is 1. The molecule has 0 heterocycles. The molecule has 0 spiro atoms. The van der Waals surface area contributed by atoms with Crippen LogP contribution in [0.25, 0.3) is 0 Å². The van der Waals surface area contributed by atoms with E-state index in [4.69, 9.17) is 4.74 Å². The summed E-state index contributed by atoms with van der Waals surface area (Å²) in [7, 11) is -3.66. The molecule has 0 aliphatic heterocycles. The van der Waals surface area contributed by atoms with Crippen LogP contribution in [0.15, 0.2) is 65.1 Å². The summed E-state index contributed by atoms with van der Waals surface area (Å²) in [4.78, 5) is 12.3. The number of benzene rings is 2. The summed E-state index contributed by atoms with van der Waals surface area (Å²) in [6.07, 6.45) is 7.95. The van der Waals surface area contributed by atoms with E-state index in [0.717, 1.165) is 24.8 Å². The maximum absolute atomic E-state index is 13.0. The predicted molar refractivity (Wildman–Crippen MR) is 127 cm³/mol. The largest absolute Gasteiger partial charge is 0.484 e. The first-order valence-electron chi connectivity index (χ1n) is 11.2. The first-order valence-corrected chi connectivity index (χ1v) is 12.6. The van der Waals surface area contributed by atoms with Gasteiger partial charge in [-0.05, 0) is 82.3 Å². The summed E-state index contributed by atoms with van der Waals surface area (Å²) >= 11 is 0. The van der Waals surface area contributed by atoms with Crippen LogP contribution in [-0.2, 0) is 14.8 Å². The maximum atomic E-state index is 13.0. The molecule has 2 aromatic carbocycles. The third kappa shape index (κ3) is 6.36. The van der Waals surface area contributed by atoms with Crippen molar-refractivity contribution in [1.29, 1.82) is 0 Å². The summed E-state index contributed by atoms with van der Waals surface area (Å²) in [5.41, 5.74) is 2.98. The summed E-state index contributed by atoms with van der Waals surface area (Å²) in [6.45, 7) is 4.56. The molecule has 7 heteroatoms. The highest BCUT2D eigenvalue weighted by molar-refractivity contribution is 7.92. The van der Waals surface area contributed by atoms with Crippen LogP contribution in [0.3, 0.4) is 0 Å². The molecule has 1 aliphatic rings. The molecule has 0 atom stereocenters. The van der Waals surface area contributed by atoms with E-state index in [1.165, 1.54) is 22.7 Å². The van der Waals surface area contributed by atoms with E-state index in [-0.39, 0.29) is 17.4 Å². The average Bonchev–Trinajstić information content (AvgIpc) is 2.80. The number of hydrogen-bond donors (Lipinski definition) is 1. The van der Waals surface area contributed by atoms with Crippen LogP contribution in [0.4, 0.5) is 5.69 Å². The molecule has 0 radical (unpaired) electrons. The minimum atomic E-state index is -3.66. The zero-order valence-corrected chi connectivity index (χ0v) is 19.7. The topological polar surface area (TPSA) is 75.7 Å². The molecule has 0 unspecified atom stereocenters. The van der Waals surface area contributed by atoms with Gasteiger partial charge in [0, 0.05) is 13.1 Å². The molecule has 0 bridgehead atoms. The minimum Gasteiger partial charge on any atom is -0.484 e. The molecule has 6 nitrogen and oxygen atoms in total. The van der Waals surface area contributed by atoms with E-state index in [2.05, 4.69) is 11.4 Å². The third-order valence-electron chi connectivity index (χ3n) is 5.54. The van der Waals surface area contributed by atoms with Gasteiger partial charge in [0.25, 0.3) is 15.9 Å². The summed E-state index contributed by atoms with van der Waals surface area (Å²) in [5.74, 6) is 0.352. The second-order valence-corrected chi connectivity index (χ2v) is 9.84. The highest BCUT2D eigenvalue weighted by atomic mass is 32.2. The number of aryl methyl sites for hydroxylation is 1. The lowest BCUT2D eigenvalue weighted by atomic mass is 9.97. The molecule has 2 aromatic rings. The fraction of sp³-hybridized carbons (Fsp3) is 0.400. The van der Waals surface area contributed by atoms with Gasteiger partial charge in [0.2, 0.25) is 0 Å². The molecule has 0 saturated heterocycles. The minimum absolute atomic E-state index is 0.0719. The molecule has 172 valence electrons. The van der Waals surface area contributed by atoms with E-state index in [9.17, 15) is 13.2 Å². The smallest absolute Gasteiger partial charge is 0.264 e. The van der Waals surface area contributed by atoms with Crippen LogP contribution in [0.1, 0.15) is 44.6 Å². The Labute approximate surface area is 191 Å². The van der Waals surface area contributed by atoms with Gasteiger partial charge in [-0.3, -0.25) is 9.10 Å². The lowest BCUT2D eigenvalue weighted by Crippen LogP contribution is -2.31. The second-order valence-electron chi connectivity index (χ2n) is 7.97. The molecule has 1 N–H and O–H groups in total. The van der Waals surface area contributed by atoms with Gasteiger partial charge in [0.1, 0.15) is 5.75 Å². The zero-order valence-electron chi connectivity index (χ0n) is 18.8. The quantitative estimate of drug-likeness (QED) is 0.531. The fourth-order valence-electron chi connectivity index (χ4n) is 3.73. The molecule has 1 amide bonds. The van der Waals surface area contributed by atoms with Crippen LogP contribution in [0, 0.1) is 6.92 Å². The molecule has 1 aliphatic carbocycles. The van der Waals surface area contributed by atoms with Crippen molar-refractivity contribution in [3.8, 4) is 5.75 Å². The van der Waals surface area contributed by atoms with Crippen LogP contribution in [-0.4, -0.2) is 34.0 Å². The van der Waals surface area contributed by atoms with E-state index in [1.807, 2.05) is 6.92 Å². The van der Waals surface area contributed by atoms with Gasteiger partial charge in [-0.2, -0.15) is 0 Å². The van der Waals surface area contributed by atoms with Crippen molar-refractivity contribution in [3.05, 3.63) is 65.7 Å². The number of ether oxygens (including phenoxy) is 1. The lowest BCUT2D eigenvalue weighted by molar-refractivity contribution is -0.123. The van der Waals surface area contributed by atoms with Crippen molar-refractivity contribution in [2.45, 2.75) is 50.8 Å². The average molecular weight is 457 g/mol. The van der Waals surface area contributed by atoms with Crippen molar-refractivity contribution in [2.24, 2.45) is 0 Å². The highest BCUT2D eigenvalue weighted by Gasteiger charge is 2.23. The van der Waals surface area contributed by atoms with Crippen molar-refractivity contribution < 1.29 is 17.9 Å². The van der Waals surface area contributed by atoms with Crippen LogP contribution >= 0.6 is 0 Å². The number of rotatable bonds is 10. The number of allylic oxidation sites excluding steroid dienone is 1. The summed E-state index contributed by atoms with van der Waals surface area (Å²) in [5, 5.41) is 2.89. The molecule has 0 aromatic heterocycles. The van der Waals surface area contributed by atoms with E-state index >= 15 is 0 Å². The molecule has 3 rings (SSSR count). The van der Waals surface area contributed by atoms with E-state index in [0.29, 0.717) is 24.5 Å². The van der Waals surface area contributed by atoms with Gasteiger partial charge in [-0.25, -0.2) is 8.42 Å². The van der Waals surface area contributed by atoms with Gasteiger partial charge < -0.3 is 10.1 Å². The normalized spacial score (nSPS) is 13.9. The summed E-state index contributed by atoms with van der Waals surface area (Å²) < 4.78 is 33.0. The monoisotopic (exact) mass is 456 g/mol. The fourth-order valence-corrected chi connectivity index (χ4v) is 5.21. The second kappa shape index (κ2) is 11.2. The third-order valence-corrected chi connectivity index (χ3v) is 7.46. The maximum Gasteiger partial charge on any atom is 0.264 e. The van der Waals surface area contributed by atoms with Crippen molar-refractivity contribution in [1.82, 2.24) is 5.32 Å². The summed E-state index contributed by atoms with van der Waals surface area (Å²) in [6, 6.07) is 13.6. The van der Waals surface area contributed by atoms with Gasteiger partial charge in [-0.15, -0.1) is 0 Å². The van der Waals surface area contributed by atoms with Gasteiger partial charge >= 0.3 is 0 Å². The van der Waals surface area contributed by atoms with Gasteiger partial charge in [-0.1, -0.05) is 29.3 Å². The Balaban J connectivity index is 1.53. The van der Waals surface area contributed by atoms with Gasteiger partial charge in [0.05, 0.1) is 10.6 Å². The number of nitrogens with zero attached hydrogens (tertiary/aromatic N) is 1. The standard InChI is InChI=1S/C25H32N2O4S/c1-3-27(32(29,30)24-15-9-20(2)10-16-24)22-11-13-23(14-12-22)31-19-25(28)26-18-17-21-7-5-4-6-8-21/h7,9-16H,3-6,8,17-19H2,1-2H3,(H,26,28). The Morgan fingerprint density at radius 3 is 2.41 bits per heavy atom. The molecular weight excluding hydrogens is 424 g/mol. The zero-order chi connectivity index (χ0) is 23.0. The Bertz CT molecular complexity index is 1030. The lowest BCUT2D eigenvalue weighted by Gasteiger charge is -2.23. The van der Waals surface area contributed by atoms with Crippen LogP contribution in [0.2, 0.25) is 0 Å². The van der Waals surface area contributed by atoms with Crippen LogP contribution in [0.5, 0.6) is 5.75 Å². The molecular formula is C25H32N2O4S.